The van der Waals surface area contributed by atoms with Crippen LogP contribution in [0.15, 0.2) is 65.6 Å². The highest BCUT2D eigenvalue weighted by Gasteiger charge is 2.15. The molecule has 0 heterocycles. The van der Waals surface area contributed by atoms with Crippen molar-refractivity contribution in [2.24, 2.45) is 5.73 Å². The fourth-order valence-corrected chi connectivity index (χ4v) is 2.87. The number of hydrogen-bond acceptors (Lipinski definition) is 4. The third-order valence-corrected chi connectivity index (χ3v) is 4.12. The molecule has 0 aliphatic carbocycles. The molecular formula is C15H14N2O4S. The molecule has 0 saturated heterocycles. The van der Waals surface area contributed by atoms with E-state index in [-0.39, 0.29) is 10.5 Å². The van der Waals surface area contributed by atoms with Crippen molar-refractivity contribution in [1.82, 2.24) is 0 Å². The highest BCUT2D eigenvalue weighted by Crippen LogP contribution is 2.19. The van der Waals surface area contributed by atoms with Gasteiger partial charge in [0, 0.05) is 17.3 Å². The van der Waals surface area contributed by atoms with Crippen LogP contribution in [-0.2, 0) is 14.8 Å². The number of benzene rings is 2. The van der Waals surface area contributed by atoms with Gasteiger partial charge in [0.2, 0.25) is 5.91 Å². The van der Waals surface area contributed by atoms with E-state index in [9.17, 15) is 18.3 Å². The molecule has 0 radical (unpaired) electrons. The van der Waals surface area contributed by atoms with Crippen LogP contribution in [0.25, 0.3) is 5.76 Å². The van der Waals surface area contributed by atoms with Crippen molar-refractivity contribution in [3.8, 4) is 0 Å². The van der Waals surface area contributed by atoms with E-state index >= 15 is 0 Å². The molecule has 2 aromatic carbocycles. The Morgan fingerprint density at radius 1 is 1.09 bits per heavy atom. The summed E-state index contributed by atoms with van der Waals surface area (Å²) in [6.45, 7) is 0. The molecule has 4 N–H and O–H groups in total. The van der Waals surface area contributed by atoms with Crippen molar-refractivity contribution < 1.29 is 18.3 Å². The Kier molecular flexibility index (Phi) is 4.47. The maximum absolute atomic E-state index is 12.3. The van der Waals surface area contributed by atoms with Gasteiger partial charge >= 0.3 is 0 Å². The second-order valence-electron chi connectivity index (χ2n) is 4.43. The summed E-state index contributed by atoms with van der Waals surface area (Å²) in [4.78, 5) is 10.7. The van der Waals surface area contributed by atoms with Gasteiger partial charge in [-0.15, -0.1) is 0 Å². The molecule has 0 fully saturated rings. The highest BCUT2D eigenvalue weighted by atomic mass is 32.2. The van der Waals surface area contributed by atoms with Crippen LogP contribution in [0.3, 0.4) is 0 Å². The molecule has 0 unspecified atom stereocenters. The Morgan fingerprint density at radius 3 is 2.41 bits per heavy atom. The van der Waals surface area contributed by atoms with Crippen LogP contribution in [0.1, 0.15) is 5.56 Å². The van der Waals surface area contributed by atoms with Crippen molar-refractivity contribution in [2.75, 3.05) is 4.72 Å². The van der Waals surface area contributed by atoms with Crippen molar-refractivity contribution in [3.05, 3.63) is 66.2 Å². The number of hydrogen-bond donors (Lipinski definition) is 3. The Balaban J connectivity index is 2.34. The number of carbonyl (C=O) groups excluding carboxylic acids is 1. The number of nitrogens with one attached hydrogen (secondary N) is 1. The summed E-state index contributed by atoms with van der Waals surface area (Å²) in [6.07, 6.45) is 0.816. The standard InChI is InChI=1S/C15H14N2O4S/c16-15(19)10-14(18)11-5-4-8-13(9-11)22(20,21)17-12-6-2-1-3-7-12/h1-10,17-18H,(H2,16,19). The van der Waals surface area contributed by atoms with Crippen LogP contribution in [0, 0.1) is 0 Å². The Bertz CT molecular complexity index is 814. The number of aliphatic hydroxyl groups excluding tert-OH is 1. The van der Waals surface area contributed by atoms with Crippen LogP contribution in [-0.4, -0.2) is 19.4 Å². The number of aliphatic hydroxyl groups is 1. The molecule has 7 heteroatoms. The van der Waals surface area contributed by atoms with Crippen molar-refractivity contribution in [2.45, 2.75) is 4.90 Å². The molecule has 2 aromatic rings. The van der Waals surface area contributed by atoms with E-state index in [4.69, 9.17) is 5.73 Å². The first-order valence-electron chi connectivity index (χ1n) is 6.27. The first-order chi connectivity index (χ1) is 10.4. The second kappa shape index (κ2) is 6.31. The summed E-state index contributed by atoms with van der Waals surface area (Å²) in [5, 5.41) is 9.72. The third kappa shape index (κ3) is 3.86. The van der Waals surface area contributed by atoms with Gasteiger partial charge in [-0.2, -0.15) is 0 Å². The van der Waals surface area contributed by atoms with E-state index in [2.05, 4.69) is 4.72 Å². The average Bonchev–Trinajstić information content (AvgIpc) is 2.47. The van der Waals surface area contributed by atoms with Gasteiger partial charge in [0.1, 0.15) is 5.76 Å². The molecule has 114 valence electrons. The van der Waals surface area contributed by atoms with E-state index in [0.717, 1.165) is 6.08 Å². The molecule has 0 aliphatic heterocycles. The zero-order valence-corrected chi connectivity index (χ0v) is 12.2. The second-order valence-corrected chi connectivity index (χ2v) is 6.11. The smallest absolute Gasteiger partial charge is 0.261 e. The lowest BCUT2D eigenvalue weighted by atomic mass is 10.2. The first kappa shape index (κ1) is 15.6. The zero-order valence-electron chi connectivity index (χ0n) is 11.4. The summed E-state index contributed by atoms with van der Waals surface area (Å²) in [5.74, 6) is -1.22. The number of amides is 1. The van der Waals surface area contributed by atoms with Crippen LogP contribution < -0.4 is 10.5 Å². The first-order valence-corrected chi connectivity index (χ1v) is 7.75. The zero-order chi connectivity index (χ0) is 16.2. The Labute approximate surface area is 128 Å². The predicted octanol–water partition coefficient (Wildman–Crippen LogP) is 1.87. The highest BCUT2D eigenvalue weighted by molar-refractivity contribution is 7.92. The molecule has 2 rings (SSSR count). The fourth-order valence-electron chi connectivity index (χ4n) is 1.76. The van der Waals surface area contributed by atoms with Gasteiger partial charge in [0.25, 0.3) is 10.0 Å². The number of carbonyl (C=O) groups is 1. The molecule has 22 heavy (non-hydrogen) atoms. The van der Waals surface area contributed by atoms with Gasteiger partial charge in [-0.05, 0) is 24.3 Å². The van der Waals surface area contributed by atoms with Crippen molar-refractivity contribution in [1.29, 1.82) is 0 Å². The van der Waals surface area contributed by atoms with Gasteiger partial charge in [0.05, 0.1) is 4.90 Å². The largest absolute Gasteiger partial charge is 0.507 e. The molecule has 0 bridgehead atoms. The predicted molar refractivity (Wildman–Crippen MR) is 83.5 cm³/mol. The fraction of sp³-hybridized carbons (Fsp3) is 0. The lowest BCUT2D eigenvalue weighted by Gasteiger charge is -2.09. The summed E-state index contributed by atoms with van der Waals surface area (Å²) in [6, 6.07) is 14.0. The number of primary amides is 1. The molecule has 0 atom stereocenters. The van der Waals surface area contributed by atoms with E-state index in [1.807, 2.05) is 0 Å². The van der Waals surface area contributed by atoms with E-state index in [1.165, 1.54) is 24.3 Å². The maximum Gasteiger partial charge on any atom is 0.261 e. The van der Waals surface area contributed by atoms with E-state index < -0.39 is 21.7 Å². The maximum atomic E-state index is 12.3. The Morgan fingerprint density at radius 2 is 1.77 bits per heavy atom. The monoisotopic (exact) mass is 318 g/mol. The number of sulfonamides is 1. The topological polar surface area (TPSA) is 109 Å². The number of rotatable bonds is 5. The minimum atomic E-state index is -3.80. The van der Waals surface area contributed by atoms with Gasteiger partial charge in [-0.1, -0.05) is 30.3 Å². The minimum Gasteiger partial charge on any atom is -0.507 e. The van der Waals surface area contributed by atoms with Crippen LogP contribution in [0.4, 0.5) is 5.69 Å². The molecule has 6 nitrogen and oxygen atoms in total. The Hall–Kier alpha value is -2.80. The summed E-state index contributed by atoms with van der Waals surface area (Å²) in [5.41, 5.74) is 5.55. The van der Waals surface area contributed by atoms with E-state index in [1.54, 1.807) is 30.3 Å². The number of para-hydroxylation sites is 1. The SMILES string of the molecule is NC(=O)C=C(O)c1cccc(S(=O)(=O)Nc2ccccc2)c1. The van der Waals surface area contributed by atoms with Crippen molar-refractivity contribution in [3.63, 3.8) is 0 Å². The molecule has 0 saturated carbocycles. The van der Waals surface area contributed by atoms with Crippen LogP contribution in [0.2, 0.25) is 0 Å². The van der Waals surface area contributed by atoms with E-state index in [0.29, 0.717) is 5.69 Å². The van der Waals surface area contributed by atoms with Gasteiger partial charge in [-0.25, -0.2) is 8.42 Å². The number of nitrogens with two attached hydrogens (primary N) is 1. The summed E-state index contributed by atoms with van der Waals surface area (Å²) in [7, 11) is -3.80. The van der Waals surface area contributed by atoms with Gasteiger partial charge < -0.3 is 10.8 Å². The molecule has 0 spiro atoms. The quantitative estimate of drug-likeness (QED) is 0.577. The molecule has 0 aromatic heterocycles. The van der Waals surface area contributed by atoms with Crippen LogP contribution >= 0.6 is 0 Å². The summed E-state index contributed by atoms with van der Waals surface area (Å²) < 4.78 is 27.0. The molecular weight excluding hydrogens is 304 g/mol. The van der Waals surface area contributed by atoms with Crippen molar-refractivity contribution >= 4 is 27.4 Å². The minimum absolute atomic E-state index is 0.0433. The lowest BCUT2D eigenvalue weighted by molar-refractivity contribution is -0.113. The number of anilines is 1. The average molecular weight is 318 g/mol. The normalized spacial score (nSPS) is 11.9. The van der Waals surface area contributed by atoms with Gasteiger partial charge in [-0.3, -0.25) is 9.52 Å². The van der Waals surface area contributed by atoms with Gasteiger partial charge in [0.15, 0.2) is 0 Å². The third-order valence-electron chi connectivity index (χ3n) is 2.75. The summed E-state index contributed by atoms with van der Waals surface area (Å²) >= 11 is 0. The molecule has 1 amide bonds. The lowest BCUT2D eigenvalue weighted by Crippen LogP contribution is -2.13. The molecule has 0 aliphatic rings. The van der Waals surface area contributed by atoms with Crippen LogP contribution in [0.5, 0.6) is 0 Å².